The highest BCUT2D eigenvalue weighted by Gasteiger charge is 2.72. The van der Waals surface area contributed by atoms with Gasteiger partial charge >= 0.3 is 7.82 Å². The SMILES string of the molecule is CC[C@]12O[C@@H]3O[C@H](C)C[C@@](O)(CNCc4ccc(OP(=O)(O)O)cc4)[C@]3(O)O[C@@H]1[C@@H](NC)[C@@H](O)[C@@H](NC)[C@@H]2OC. The molecule has 0 radical (unpaired) electrons. The van der Waals surface area contributed by atoms with E-state index < -0.39 is 67.6 Å². The normalized spacial score (nSPS) is 41.7. The van der Waals surface area contributed by atoms with Crippen molar-refractivity contribution < 1.29 is 53.1 Å². The Morgan fingerprint density at radius 3 is 2.30 bits per heavy atom. The van der Waals surface area contributed by atoms with Crippen molar-refractivity contribution in [1.82, 2.24) is 16.0 Å². The van der Waals surface area contributed by atoms with E-state index in [4.69, 9.17) is 28.7 Å². The van der Waals surface area contributed by atoms with E-state index in [1.54, 1.807) is 33.2 Å². The molecule has 3 fully saturated rings. The molecule has 3 aliphatic rings. The van der Waals surface area contributed by atoms with Gasteiger partial charge in [-0.2, -0.15) is 0 Å². The first kappa shape index (κ1) is 31.7. The lowest BCUT2D eigenvalue weighted by Crippen LogP contribution is -2.85. The lowest BCUT2D eigenvalue weighted by molar-refractivity contribution is -0.502. The molecule has 0 unspecified atom stereocenters. The Bertz CT molecular complexity index is 1060. The summed E-state index contributed by atoms with van der Waals surface area (Å²) in [5.74, 6) is -2.28. The molecule has 228 valence electrons. The van der Waals surface area contributed by atoms with Crippen LogP contribution < -0.4 is 20.5 Å². The first-order chi connectivity index (χ1) is 18.8. The molecule has 10 atom stereocenters. The van der Waals surface area contributed by atoms with Crippen LogP contribution in [0.4, 0.5) is 0 Å². The van der Waals surface area contributed by atoms with Gasteiger partial charge in [0.1, 0.15) is 29.2 Å². The Hall–Kier alpha value is -1.23. The molecule has 1 aliphatic carbocycles. The van der Waals surface area contributed by atoms with E-state index in [0.717, 1.165) is 5.56 Å². The second-order valence-corrected chi connectivity index (χ2v) is 11.9. The van der Waals surface area contributed by atoms with Crippen molar-refractivity contribution in [3.05, 3.63) is 29.8 Å². The smallest absolute Gasteiger partial charge is 0.404 e. The Balaban J connectivity index is 1.57. The summed E-state index contributed by atoms with van der Waals surface area (Å²) < 4.78 is 40.4. The van der Waals surface area contributed by atoms with Crippen molar-refractivity contribution in [2.75, 3.05) is 27.7 Å². The molecule has 15 heteroatoms. The number of phosphoric acid groups is 1. The number of phosphoric ester groups is 1. The molecule has 4 rings (SSSR count). The molecule has 2 heterocycles. The fourth-order valence-electron chi connectivity index (χ4n) is 6.41. The minimum Gasteiger partial charge on any atom is -0.404 e. The predicted molar refractivity (Wildman–Crippen MR) is 141 cm³/mol. The van der Waals surface area contributed by atoms with Gasteiger partial charge in [-0.05, 0) is 45.1 Å². The van der Waals surface area contributed by atoms with Crippen LogP contribution in [-0.2, 0) is 30.1 Å². The molecule has 1 aromatic rings. The number of rotatable bonds is 10. The van der Waals surface area contributed by atoms with Gasteiger partial charge in [0.15, 0.2) is 0 Å². The summed E-state index contributed by atoms with van der Waals surface area (Å²) in [5, 5.41) is 44.4. The molecule has 0 spiro atoms. The van der Waals surface area contributed by atoms with Gasteiger partial charge in [-0.25, -0.2) is 4.57 Å². The standard InChI is InChI=1S/C25H42N3O11P/c1-6-24-20(35-5)17(26-3)19(29)18(27-4)21(24)37-25(31)22(38-24)36-14(2)11-23(25,30)13-28-12-15-7-9-16(10-8-15)39-40(32,33)34/h7-10,14,17-22,26-31H,6,11-13H2,1-5H3,(H2,32,33,34)/t14-,17-,18+,19+,20+,21-,22+,23-,24-,25-/m1/s1. The third-order valence-electron chi connectivity index (χ3n) is 8.32. The third kappa shape index (κ3) is 5.59. The van der Waals surface area contributed by atoms with Gasteiger partial charge in [0.25, 0.3) is 0 Å². The molecule has 8 N–H and O–H groups in total. The van der Waals surface area contributed by atoms with Crippen LogP contribution in [0.3, 0.4) is 0 Å². The Labute approximate surface area is 233 Å². The van der Waals surface area contributed by atoms with Crippen molar-refractivity contribution in [3.8, 4) is 5.75 Å². The molecule has 2 aliphatic heterocycles. The average molecular weight is 592 g/mol. The lowest BCUT2D eigenvalue weighted by atomic mass is 9.69. The van der Waals surface area contributed by atoms with Crippen LogP contribution in [0.5, 0.6) is 5.75 Å². The molecular weight excluding hydrogens is 549 g/mol. The zero-order valence-corrected chi connectivity index (χ0v) is 24.2. The number of likely N-dealkylation sites (N-methyl/N-ethyl adjacent to an activating group) is 2. The third-order valence-corrected chi connectivity index (χ3v) is 8.77. The largest absolute Gasteiger partial charge is 0.524 e. The second kappa shape index (κ2) is 11.8. The summed E-state index contributed by atoms with van der Waals surface area (Å²) in [6.07, 6.45) is -3.98. The summed E-state index contributed by atoms with van der Waals surface area (Å²) in [6.45, 7) is 3.82. The highest BCUT2D eigenvalue weighted by molar-refractivity contribution is 7.46. The van der Waals surface area contributed by atoms with E-state index in [-0.39, 0.29) is 25.3 Å². The van der Waals surface area contributed by atoms with Gasteiger partial charge in [0.2, 0.25) is 12.1 Å². The van der Waals surface area contributed by atoms with E-state index in [1.165, 1.54) is 19.2 Å². The molecule has 40 heavy (non-hydrogen) atoms. The van der Waals surface area contributed by atoms with Crippen LogP contribution >= 0.6 is 7.82 Å². The number of nitrogens with one attached hydrogen (secondary N) is 3. The maximum Gasteiger partial charge on any atom is 0.524 e. The van der Waals surface area contributed by atoms with Crippen molar-refractivity contribution >= 4 is 7.82 Å². The van der Waals surface area contributed by atoms with Crippen LogP contribution in [0.1, 0.15) is 32.3 Å². The predicted octanol–water partition coefficient (Wildman–Crippen LogP) is -1.07. The zero-order chi connectivity index (χ0) is 29.5. The fraction of sp³-hybridized carbons (Fsp3) is 0.760. The highest BCUT2D eigenvalue weighted by Crippen LogP contribution is 2.51. The van der Waals surface area contributed by atoms with Gasteiger partial charge in [0.05, 0.1) is 24.3 Å². The second-order valence-electron chi connectivity index (χ2n) is 10.8. The Kier molecular flexibility index (Phi) is 9.36. The van der Waals surface area contributed by atoms with Crippen LogP contribution in [0.25, 0.3) is 0 Å². The van der Waals surface area contributed by atoms with Crippen molar-refractivity contribution in [1.29, 1.82) is 0 Å². The Morgan fingerprint density at radius 2 is 1.75 bits per heavy atom. The van der Waals surface area contributed by atoms with Gasteiger partial charge in [-0.3, -0.25) is 9.79 Å². The summed E-state index contributed by atoms with van der Waals surface area (Å²) in [6, 6.07) is 4.87. The molecular formula is C25H42N3O11P. The molecule has 2 saturated heterocycles. The van der Waals surface area contributed by atoms with E-state index >= 15 is 0 Å². The van der Waals surface area contributed by atoms with Crippen LogP contribution in [0.15, 0.2) is 24.3 Å². The number of fused-ring (bicyclic) bond motifs is 2. The molecule has 0 amide bonds. The van der Waals surface area contributed by atoms with E-state index in [2.05, 4.69) is 20.5 Å². The van der Waals surface area contributed by atoms with E-state index in [1.807, 2.05) is 6.92 Å². The van der Waals surface area contributed by atoms with E-state index in [0.29, 0.717) is 6.42 Å². The quantitative estimate of drug-likeness (QED) is 0.153. The van der Waals surface area contributed by atoms with Gasteiger partial charge < -0.3 is 54.7 Å². The monoisotopic (exact) mass is 591 g/mol. The summed E-state index contributed by atoms with van der Waals surface area (Å²) >= 11 is 0. The number of hydrogen-bond acceptors (Lipinski definition) is 12. The van der Waals surface area contributed by atoms with Gasteiger partial charge in [-0.1, -0.05) is 19.1 Å². The molecule has 0 aromatic heterocycles. The van der Waals surface area contributed by atoms with Crippen molar-refractivity contribution in [2.45, 2.75) is 93.0 Å². The average Bonchev–Trinajstić information content (AvgIpc) is 2.88. The number of ether oxygens (including phenoxy) is 4. The van der Waals surface area contributed by atoms with Crippen molar-refractivity contribution in [3.63, 3.8) is 0 Å². The number of aliphatic hydroxyl groups is 3. The summed E-state index contributed by atoms with van der Waals surface area (Å²) in [7, 11) is 0.257. The number of methoxy groups -OCH3 is 1. The minimum absolute atomic E-state index is 0.0157. The molecule has 14 nitrogen and oxygen atoms in total. The molecule has 0 bridgehead atoms. The number of hydrogen-bond donors (Lipinski definition) is 8. The molecule has 1 saturated carbocycles. The minimum atomic E-state index is -4.66. The van der Waals surface area contributed by atoms with Crippen molar-refractivity contribution in [2.24, 2.45) is 0 Å². The van der Waals surface area contributed by atoms with E-state index in [9.17, 15) is 19.9 Å². The fourth-order valence-corrected chi connectivity index (χ4v) is 6.81. The first-order valence-electron chi connectivity index (χ1n) is 13.3. The summed E-state index contributed by atoms with van der Waals surface area (Å²) in [5.41, 5.74) is -2.25. The number of aliphatic hydroxyl groups excluding tert-OH is 1. The topological polar surface area (TPSA) is 200 Å². The number of benzene rings is 1. The Morgan fingerprint density at radius 1 is 1.10 bits per heavy atom. The summed E-state index contributed by atoms with van der Waals surface area (Å²) in [4.78, 5) is 17.9. The van der Waals surface area contributed by atoms with Gasteiger partial charge in [0, 0.05) is 26.6 Å². The highest BCUT2D eigenvalue weighted by atomic mass is 31.2. The van der Waals surface area contributed by atoms with Crippen LogP contribution in [0.2, 0.25) is 0 Å². The van der Waals surface area contributed by atoms with Crippen LogP contribution in [0, 0.1) is 0 Å². The zero-order valence-electron chi connectivity index (χ0n) is 23.3. The maximum absolute atomic E-state index is 12.0. The molecule has 1 aromatic carbocycles. The van der Waals surface area contributed by atoms with Crippen LogP contribution in [-0.4, -0.2) is 113 Å². The lowest BCUT2D eigenvalue weighted by Gasteiger charge is -2.64. The van der Waals surface area contributed by atoms with Gasteiger partial charge in [-0.15, -0.1) is 0 Å². The maximum atomic E-state index is 12.0. The first-order valence-corrected chi connectivity index (χ1v) is 14.9.